The highest BCUT2D eigenvalue weighted by Crippen LogP contribution is 2.36. The number of fused-ring (bicyclic) bond motifs is 1. The van der Waals surface area contributed by atoms with Crippen molar-refractivity contribution in [3.63, 3.8) is 0 Å². The second-order valence-corrected chi connectivity index (χ2v) is 4.29. The molecule has 1 aliphatic rings. The lowest BCUT2D eigenvalue weighted by Gasteiger charge is -2.06. The Morgan fingerprint density at radius 2 is 2.19 bits per heavy atom. The summed E-state index contributed by atoms with van der Waals surface area (Å²) in [4.78, 5) is 11.5. The lowest BCUT2D eigenvalue weighted by Crippen LogP contribution is -1.95. The zero-order chi connectivity index (χ0) is 11.0. The number of nitrogens with zero attached hydrogens (tertiary/aromatic N) is 3. The Labute approximate surface area is 93.3 Å². The molecule has 0 radical (unpaired) electrons. The van der Waals surface area contributed by atoms with Gasteiger partial charge in [-0.05, 0) is 12.8 Å². The molecule has 3 rings (SSSR count). The molecule has 2 aromatic rings. The van der Waals surface area contributed by atoms with E-state index in [1.54, 1.807) is 6.20 Å². The van der Waals surface area contributed by atoms with Gasteiger partial charge in [0, 0.05) is 11.6 Å². The molecule has 0 spiro atoms. The van der Waals surface area contributed by atoms with Gasteiger partial charge in [-0.15, -0.1) is 0 Å². The Hall–Kier alpha value is -1.89. The van der Waals surface area contributed by atoms with Gasteiger partial charge in [0.05, 0.1) is 17.3 Å². The third kappa shape index (κ3) is 1.28. The van der Waals surface area contributed by atoms with Crippen molar-refractivity contribution >= 4 is 11.0 Å². The number of aromatic amines is 1. The fourth-order valence-electron chi connectivity index (χ4n) is 2.59. The molecule has 0 bridgehead atoms. The fourth-order valence-corrected chi connectivity index (χ4v) is 2.59. The molecule has 4 heteroatoms. The van der Waals surface area contributed by atoms with Gasteiger partial charge in [0.15, 0.2) is 0 Å². The van der Waals surface area contributed by atoms with Crippen molar-refractivity contribution in [3.05, 3.63) is 23.8 Å². The molecule has 0 atom stereocenters. The quantitative estimate of drug-likeness (QED) is 0.789. The van der Waals surface area contributed by atoms with E-state index in [4.69, 9.17) is 0 Å². The molecule has 1 saturated carbocycles. The summed E-state index contributed by atoms with van der Waals surface area (Å²) in [5.41, 5.74) is 3.42. The van der Waals surface area contributed by atoms with Gasteiger partial charge in [-0.2, -0.15) is 5.26 Å². The van der Waals surface area contributed by atoms with Crippen LogP contribution in [-0.4, -0.2) is 15.0 Å². The summed E-state index contributed by atoms with van der Waals surface area (Å²) in [6.07, 6.45) is 8.11. The van der Waals surface area contributed by atoms with Crippen molar-refractivity contribution in [1.82, 2.24) is 15.0 Å². The molecule has 2 aromatic heterocycles. The molecule has 0 unspecified atom stereocenters. The van der Waals surface area contributed by atoms with Crippen LogP contribution in [0.3, 0.4) is 0 Å². The maximum atomic E-state index is 9.24. The smallest absolute Gasteiger partial charge is 0.116 e. The van der Waals surface area contributed by atoms with Crippen LogP contribution in [0.15, 0.2) is 12.5 Å². The molecule has 1 fully saturated rings. The molecule has 0 saturated heterocycles. The van der Waals surface area contributed by atoms with E-state index in [0.717, 1.165) is 16.7 Å². The van der Waals surface area contributed by atoms with E-state index in [1.165, 1.54) is 32.0 Å². The molecule has 1 aliphatic carbocycles. The van der Waals surface area contributed by atoms with E-state index in [2.05, 4.69) is 21.0 Å². The zero-order valence-corrected chi connectivity index (χ0v) is 8.90. The average molecular weight is 212 g/mol. The Balaban J connectivity index is 2.20. The number of hydrogen-bond donors (Lipinski definition) is 1. The Morgan fingerprint density at radius 1 is 1.38 bits per heavy atom. The van der Waals surface area contributed by atoms with Gasteiger partial charge in [-0.3, -0.25) is 0 Å². The van der Waals surface area contributed by atoms with Crippen LogP contribution in [0.5, 0.6) is 0 Å². The highest BCUT2D eigenvalue weighted by atomic mass is 14.9. The zero-order valence-electron chi connectivity index (χ0n) is 8.90. The van der Waals surface area contributed by atoms with E-state index in [9.17, 15) is 5.26 Å². The van der Waals surface area contributed by atoms with Gasteiger partial charge in [-0.1, -0.05) is 12.8 Å². The summed E-state index contributed by atoms with van der Waals surface area (Å²) >= 11 is 0. The normalized spacial score (nSPS) is 16.7. The molecule has 80 valence electrons. The largest absolute Gasteiger partial charge is 0.354 e. The molecule has 4 nitrogen and oxygen atoms in total. The average Bonchev–Trinajstić information content (AvgIpc) is 2.95. The molecular formula is C12H12N4. The van der Waals surface area contributed by atoms with Crippen LogP contribution in [0.1, 0.15) is 42.9 Å². The van der Waals surface area contributed by atoms with Crippen LogP contribution in [0.4, 0.5) is 0 Å². The predicted octanol–water partition coefficient (Wildman–Crippen LogP) is 2.49. The van der Waals surface area contributed by atoms with Crippen molar-refractivity contribution in [3.8, 4) is 6.07 Å². The summed E-state index contributed by atoms with van der Waals surface area (Å²) < 4.78 is 0. The second-order valence-electron chi connectivity index (χ2n) is 4.29. The van der Waals surface area contributed by atoms with Gasteiger partial charge in [0.25, 0.3) is 0 Å². The Bertz CT molecular complexity index is 558. The van der Waals surface area contributed by atoms with Crippen LogP contribution >= 0.6 is 0 Å². The molecule has 0 aliphatic heterocycles. The van der Waals surface area contributed by atoms with Crippen molar-refractivity contribution < 1.29 is 0 Å². The standard InChI is InChI=1S/C12H12N4/c13-5-9-11(8-3-1-2-4-8)16-10-6-14-7-15-12(9)10/h6-8,16H,1-4H2. The molecule has 1 N–H and O–H groups in total. The Kier molecular flexibility index (Phi) is 2.10. The lowest BCUT2D eigenvalue weighted by molar-refractivity contribution is 0.702. The molecule has 0 aromatic carbocycles. The minimum Gasteiger partial charge on any atom is -0.354 e. The van der Waals surface area contributed by atoms with Gasteiger partial charge >= 0.3 is 0 Å². The summed E-state index contributed by atoms with van der Waals surface area (Å²) in [6, 6.07) is 2.27. The van der Waals surface area contributed by atoms with Gasteiger partial charge in [0.1, 0.15) is 17.9 Å². The third-order valence-electron chi connectivity index (χ3n) is 3.36. The number of rotatable bonds is 1. The number of aromatic nitrogens is 3. The second kappa shape index (κ2) is 3.60. The topological polar surface area (TPSA) is 65.4 Å². The van der Waals surface area contributed by atoms with Crippen LogP contribution < -0.4 is 0 Å². The number of nitriles is 1. The highest BCUT2D eigenvalue weighted by molar-refractivity contribution is 5.82. The first kappa shape index (κ1) is 9.34. The van der Waals surface area contributed by atoms with E-state index in [-0.39, 0.29) is 0 Å². The van der Waals surface area contributed by atoms with Crippen molar-refractivity contribution in [2.24, 2.45) is 0 Å². The minimum atomic E-state index is 0.504. The SMILES string of the molecule is N#Cc1c(C2CCCC2)[nH]c2cncnc12. The van der Waals surface area contributed by atoms with Crippen molar-refractivity contribution in [2.75, 3.05) is 0 Å². The van der Waals surface area contributed by atoms with Crippen molar-refractivity contribution in [1.29, 1.82) is 5.26 Å². The summed E-state index contributed by atoms with van der Waals surface area (Å²) in [7, 11) is 0. The first-order valence-corrected chi connectivity index (χ1v) is 5.62. The summed E-state index contributed by atoms with van der Waals surface area (Å²) in [6.45, 7) is 0. The highest BCUT2D eigenvalue weighted by Gasteiger charge is 2.23. The third-order valence-corrected chi connectivity index (χ3v) is 3.36. The van der Waals surface area contributed by atoms with Crippen LogP contribution in [-0.2, 0) is 0 Å². The first-order chi connectivity index (χ1) is 7.90. The van der Waals surface area contributed by atoms with E-state index >= 15 is 0 Å². The first-order valence-electron chi connectivity index (χ1n) is 5.62. The van der Waals surface area contributed by atoms with Crippen LogP contribution in [0, 0.1) is 11.3 Å². The van der Waals surface area contributed by atoms with Crippen molar-refractivity contribution in [2.45, 2.75) is 31.6 Å². The van der Waals surface area contributed by atoms with E-state index < -0.39 is 0 Å². The van der Waals surface area contributed by atoms with Gasteiger partial charge in [0.2, 0.25) is 0 Å². The lowest BCUT2D eigenvalue weighted by atomic mass is 10.0. The fraction of sp³-hybridized carbons (Fsp3) is 0.417. The molecule has 2 heterocycles. The maximum Gasteiger partial charge on any atom is 0.116 e. The number of hydrogen-bond acceptors (Lipinski definition) is 3. The molecule has 0 amide bonds. The van der Waals surface area contributed by atoms with Gasteiger partial charge in [-0.25, -0.2) is 9.97 Å². The van der Waals surface area contributed by atoms with Crippen LogP contribution in [0.2, 0.25) is 0 Å². The van der Waals surface area contributed by atoms with E-state index in [0.29, 0.717) is 11.5 Å². The monoisotopic (exact) mass is 212 g/mol. The minimum absolute atomic E-state index is 0.504. The summed E-state index contributed by atoms with van der Waals surface area (Å²) in [5, 5.41) is 9.24. The molecule has 16 heavy (non-hydrogen) atoms. The summed E-state index contributed by atoms with van der Waals surface area (Å²) in [5.74, 6) is 0.504. The van der Waals surface area contributed by atoms with E-state index in [1.807, 2.05) is 0 Å². The molecular weight excluding hydrogens is 200 g/mol. The Morgan fingerprint density at radius 3 is 2.94 bits per heavy atom. The number of H-pyrrole nitrogens is 1. The predicted molar refractivity (Wildman–Crippen MR) is 59.8 cm³/mol. The van der Waals surface area contributed by atoms with Gasteiger partial charge < -0.3 is 4.98 Å². The van der Waals surface area contributed by atoms with Crippen LogP contribution in [0.25, 0.3) is 11.0 Å². The number of nitrogens with one attached hydrogen (secondary N) is 1. The maximum absolute atomic E-state index is 9.24.